The Labute approximate surface area is 158 Å². The molecule has 0 atom stereocenters. The van der Waals surface area contributed by atoms with Crippen molar-refractivity contribution in [3.05, 3.63) is 59.9 Å². The van der Waals surface area contributed by atoms with Crippen molar-refractivity contribution >= 4 is 27.0 Å². The lowest BCUT2D eigenvalue weighted by atomic mass is 10.1. The Bertz CT molecular complexity index is 1090. The summed E-state index contributed by atoms with van der Waals surface area (Å²) in [4.78, 5) is 17.1. The molecule has 27 heavy (non-hydrogen) atoms. The Hall–Kier alpha value is -2.71. The maximum atomic E-state index is 12.9. The number of carbonyl (C=O) groups is 1. The van der Waals surface area contributed by atoms with Gasteiger partial charge in [-0.25, -0.2) is 18.1 Å². The molecule has 7 nitrogen and oxygen atoms in total. The number of aromatic nitrogens is 2. The van der Waals surface area contributed by atoms with Gasteiger partial charge in [0.05, 0.1) is 15.9 Å². The average molecular weight is 386 g/mol. The van der Waals surface area contributed by atoms with Gasteiger partial charge in [0, 0.05) is 18.7 Å². The van der Waals surface area contributed by atoms with E-state index < -0.39 is 15.9 Å². The predicted octanol–water partition coefficient (Wildman–Crippen LogP) is 2.76. The van der Waals surface area contributed by atoms with Crippen LogP contribution in [0.3, 0.4) is 0 Å². The summed E-state index contributed by atoms with van der Waals surface area (Å²) in [6.45, 7) is 6.04. The van der Waals surface area contributed by atoms with Crippen LogP contribution in [0.15, 0.2) is 53.7 Å². The van der Waals surface area contributed by atoms with Crippen LogP contribution in [-0.2, 0) is 10.0 Å². The normalized spacial score (nSPS) is 11.9. The van der Waals surface area contributed by atoms with Crippen LogP contribution in [0.5, 0.6) is 0 Å². The summed E-state index contributed by atoms with van der Waals surface area (Å²) in [5.74, 6) is -0.408. The average Bonchev–Trinajstić information content (AvgIpc) is 3.05. The van der Waals surface area contributed by atoms with Crippen molar-refractivity contribution in [2.45, 2.75) is 25.7 Å². The summed E-state index contributed by atoms with van der Waals surface area (Å²) in [6.07, 6.45) is 1.52. The van der Waals surface area contributed by atoms with Crippen molar-refractivity contribution in [3.8, 4) is 0 Å². The fourth-order valence-electron chi connectivity index (χ4n) is 2.94. The summed E-state index contributed by atoms with van der Waals surface area (Å²) in [6, 6.07) is 12.1. The van der Waals surface area contributed by atoms with Gasteiger partial charge in [-0.05, 0) is 36.8 Å². The van der Waals surface area contributed by atoms with Gasteiger partial charge in [0.2, 0.25) is 10.0 Å². The largest absolute Gasteiger partial charge is 0.270 e. The number of nitrogens with one attached hydrogen (secondary N) is 1. The molecule has 0 aliphatic carbocycles. The van der Waals surface area contributed by atoms with Gasteiger partial charge in [-0.15, -0.1) is 0 Å². The number of fused-ring (bicyclic) bond motifs is 1. The molecule has 2 aromatic carbocycles. The highest BCUT2D eigenvalue weighted by Gasteiger charge is 2.24. The fourth-order valence-corrected chi connectivity index (χ4v) is 4.65. The van der Waals surface area contributed by atoms with Crippen LogP contribution in [0, 0.1) is 6.92 Å². The number of rotatable bonds is 6. The summed E-state index contributed by atoms with van der Waals surface area (Å²) < 4.78 is 28.6. The third-order valence-electron chi connectivity index (χ3n) is 4.45. The van der Waals surface area contributed by atoms with Crippen molar-refractivity contribution in [1.82, 2.24) is 14.0 Å². The Morgan fingerprint density at radius 1 is 1.15 bits per heavy atom. The van der Waals surface area contributed by atoms with Crippen LogP contribution in [0.2, 0.25) is 0 Å². The number of amides is 1. The minimum absolute atomic E-state index is 0.148. The number of para-hydroxylation sites is 2. The van der Waals surface area contributed by atoms with E-state index in [2.05, 4.69) is 10.4 Å². The topological polar surface area (TPSA) is 84.3 Å². The first-order valence-electron chi connectivity index (χ1n) is 8.72. The molecule has 0 aliphatic rings. The molecule has 0 radical (unpaired) electrons. The zero-order valence-electron chi connectivity index (χ0n) is 15.5. The zero-order valence-corrected chi connectivity index (χ0v) is 16.3. The van der Waals surface area contributed by atoms with Crippen LogP contribution in [0.25, 0.3) is 11.0 Å². The molecule has 0 spiro atoms. The van der Waals surface area contributed by atoms with Crippen LogP contribution in [-0.4, -0.2) is 41.4 Å². The zero-order chi connectivity index (χ0) is 19.6. The Balaban J connectivity index is 1.95. The van der Waals surface area contributed by atoms with E-state index in [4.69, 9.17) is 0 Å². The maximum absolute atomic E-state index is 12.9. The molecule has 1 amide bonds. The van der Waals surface area contributed by atoms with Gasteiger partial charge in [0.15, 0.2) is 0 Å². The Morgan fingerprint density at radius 3 is 2.56 bits per heavy atom. The molecule has 3 aromatic rings. The van der Waals surface area contributed by atoms with E-state index in [-0.39, 0.29) is 10.5 Å². The van der Waals surface area contributed by atoms with Crippen molar-refractivity contribution < 1.29 is 13.2 Å². The van der Waals surface area contributed by atoms with Gasteiger partial charge >= 0.3 is 0 Å². The fraction of sp³-hybridized carbons (Fsp3) is 0.263. The Morgan fingerprint density at radius 2 is 1.85 bits per heavy atom. The highest BCUT2D eigenvalue weighted by atomic mass is 32.2. The van der Waals surface area contributed by atoms with Crippen molar-refractivity contribution in [3.63, 3.8) is 0 Å². The standard InChI is InChI=1S/C19H22N4O3S/c1-4-22(5-2)27(25,26)18-12-15(11-10-14(18)3)19(24)21-23-13-20-16-8-6-7-9-17(16)23/h6-13H,4-5H2,1-3H3,(H,21,24). The van der Waals surface area contributed by atoms with Gasteiger partial charge in [0.25, 0.3) is 5.91 Å². The lowest BCUT2D eigenvalue weighted by Gasteiger charge is -2.20. The maximum Gasteiger partial charge on any atom is 0.270 e. The molecule has 8 heteroatoms. The van der Waals surface area contributed by atoms with Crippen molar-refractivity contribution in [1.29, 1.82) is 0 Å². The van der Waals surface area contributed by atoms with E-state index in [0.29, 0.717) is 18.7 Å². The van der Waals surface area contributed by atoms with Gasteiger partial charge in [-0.2, -0.15) is 4.31 Å². The number of hydrogen-bond acceptors (Lipinski definition) is 4. The van der Waals surface area contributed by atoms with E-state index in [0.717, 1.165) is 11.0 Å². The molecule has 0 aliphatic heterocycles. The number of imidazole rings is 1. The number of nitrogens with zero attached hydrogens (tertiary/aromatic N) is 3. The molecule has 0 unspecified atom stereocenters. The summed E-state index contributed by atoms with van der Waals surface area (Å²) in [5.41, 5.74) is 5.13. The molecule has 142 valence electrons. The lowest BCUT2D eigenvalue weighted by molar-refractivity contribution is 0.101. The molecule has 1 heterocycles. The highest BCUT2D eigenvalue weighted by molar-refractivity contribution is 7.89. The second kappa shape index (κ2) is 7.50. The smallest absolute Gasteiger partial charge is 0.267 e. The van der Waals surface area contributed by atoms with E-state index in [1.54, 1.807) is 32.9 Å². The lowest BCUT2D eigenvalue weighted by Crippen LogP contribution is -2.31. The molecule has 1 aromatic heterocycles. The van der Waals surface area contributed by atoms with Gasteiger partial charge in [-0.3, -0.25) is 10.2 Å². The number of aryl methyl sites for hydroxylation is 1. The number of carbonyl (C=O) groups excluding carboxylic acids is 1. The SMILES string of the molecule is CCN(CC)S(=O)(=O)c1cc(C(=O)Nn2cnc3ccccc32)ccc1C. The Kier molecular flexibility index (Phi) is 5.29. The summed E-state index contributed by atoms with van der Waals surface area (Å²) in [5, 5.41) is 0. The molecule has 0 saturated heterocycles. The third kappa shape index (κ3) is 3.58. The third-order valence-corrected chi connectivity index (χ3v) is 6.64. The number of benzene rings is 2. The van der Waals surface area contributed by atoms with Crippen LogP contribution < -0.4 is 5.43 Å². The minimum Gasteiger partial charge on any atom is -0.267 e. The molecule has 1 N–H and O–H groups in total. The van der Waals surface area contributed by atoms with E-state index >= 15 is 0 Å². The predicted molar refractivity (Wildman–Crippen MR) is 105 cm³/mol. The van der Waals surface area contributed by atoms with Crippen molar-refractivity contribution in [2.75, 3.05) is 18.5 Å². The molecule has 0 bridgehead atoms. The first-order valence-corrected chi connectivity index (χ1v) is 10.2. The van der Waals surface area contributed by atoms with Gasteiger partial charge in [-0.1, -0.05) is 32.0 Å². The molecule has 0 fully saturated rings. The molecular weight excluding hydrogens is 364 g/mol. The number of sulfonamides is 1. The summed E-state index contributed by atoms with van der Waals surface area (Å²) >= 11 is 0. The van der Waals surface area contributed by atoms with E-state index in [1.165, 1.54) is 21.4 Å². The first kappa shape index (κ1) is 19.1. The van der Waals surface area contributed by atoms with Gasteiger partial charge in [0.1, 0.15) is 6.33 Å². The summed E-state index contributed by atoms with van der Waals surface area (Å²) in [7, 11) is -3.65. The first-order chi connectivity index (χ1) is 12.9. The van der Waals surface area contributed by atoms with E-state index in [9.17, 15) is 13.2 Å². The molecule has 3 rings (SSSR count). The van der Waals surface area contributed by atoms with Crippen LogP contribution in [0.4, 0.5) is 0 Å². The van der Waals surface area contributed by atoms with Crippen molar-refractivity contribution in [2.24, 2.45) is 0 Å². The quantitative estimate of drug-likeness (QED) is 0.706. The monoisotopic (exact) mass is 386 g/mol. The second-order valence-electron chi connectivity index (χ2n) is 6.11. The van der Waals surface area contributed by atoms with Crippen LogP contribution >= 0.6 is 0 Å². The molecule has 0 saturated carbocycles. The van der Waals surface area contributed by atoms with Gasteiger partial charge < -0.3 is 0 Å². The minimum atomic E-state index is -3.65. The number of hydrogen-bond donors (Lipinski definition) is 1. The molecular formula is C19H22N4O3S. The second-order valence-corrected chi connectivity index (χ2v) is 8.02. The highest BCUT2D eigenvalue weighted by Crippen LogP contribution is 2.21. The van der Waals surface area contributed by atoms with E-state index in [1.807, 2.05) is 24.3 Å². The van der Waals surface area contributed by atoms with Crippen LogP contribution in [0.1, 0.15) is 29.8 Å².